The Morgan fingerprint density at radius 2 is 2.00 bits per heavy atom. The number of hydrogen-bond acceptors (Lipinski definition) is 7. The van der Waals surface area contributed by atoms with Gasteiger partial charge in [0.05, 0.1) is 13.1 Å². The molecule has 10 heteroatoms. The first-order chi connectivity index (χ1) is 16.9. The number of anilines is 1. The Morgan fingerprint density at radius 3 is 2.64 bits per heavy atom. The molecule has 198 valence electrons. The number of rotatable bonds is 8. The van der Waals surface area contributed by atoms with Crippen LogP contribution in [0.15, 0.2) is 27.4 Å². The molecule has 8 nitrogen and oxygen atoms in total. The van der Waals surface area contributed by atoms with Crippen LogP contribution in [0, 0.1) is 11.8 Å². The fourth-order valence-electron chi connectivity index (χ4n) is 6.35. The summed E-state index contributed by atoms with van der Waals surface area (Å²) in [6.07, 6.45) is 7.11. The molecule has 4 fully saturated rings. The summed E-state index contributed by atoms with van der Waals surface area (Å²) in [7, 11) is 0. The van der Waals surface area contributed by atoms with Crippen molar-refractivity contribution < 1.29 is 45.4 Å². The van der Waals surface area contributed by atoms with Gasteiger partial charge in [0, 0.05) is 42.7 Å². The van der Waals surface area contributed by atoms with Crippen LogP contribution < -0.4 is 22.3 Å². The lowest BCUT2D eigenvalue weighted by Gasteiger charge is -2.52. The summed E-state index contributed by atoms with van der Waals surface area (Å²) in [6, 6.07) is 3.60. The van der Waals surface area contributed by atoms with Gasteiger partial charge in [-0.05, 0) is 29.7 Å². The first-order valence-electron chi connectivity index (χ1n) is 13.0. The van der Waals surface area contributed by atoms with Gasteiger partial charge in [-0.15, -0.1) is 0 Å². The minimum atomic E-state index is -1.60. The van der Waals surface area contributed by atoms with Crippen molar-refractivity contribution in [1.29, 1.82) is 0 Å². The molecule has 3 saturated heterocycles. The molecule has 6 rings (SSSR count). The highest BCUT2D eigenvalue weighted by Crippen LogP contribution is 2.43. The summed E-state index contributed by atoms with van der Waals surface area (Å²) in [6.45, 7) is 4.67. The van der Waals surface area contributed by atoms with Crippen LogP contribution in [0.3, 0.4) is 0 Å². The topological polar surface area (TPSA) is 102 Å². The van der Waals surface area contributed by atoms with Crippen LogP contribution in [0.1, 0.15) is 63.2 Å². The molecule has 0 aromatic carbocycles. The van der Waals surface area contributed by atoms with E-state index in [1.54, 1.807) is 6.07 Å². The van der Waals surface area contributed by atoms with E-state index in [0.717, 1.165) is 70.2 Å². The van der Waals surface area contributed by atoms with Crippen molar-refractivity contribution in [3.05, 3.63) is 34.2 Å². The van der Waals surface area contributed by atoms with Crippen LogP contribution in [0.4, 0.5) is 5.82 Å². The first-order valence-corrected chi connectivity index (χ1v) is 13.9. The lowest BCUT2D eigenvalue weighted by molar-refractivity contribution is -0.939. The Bertz CT molecular complexity index is 1030. The molecule has 2 aromatic heterocycles. The van der Waals surface area contributed by atoms with Gasteiger partial charge >= 0.3 is 5.97 Å². The summed E-state index contributed by atoms with van der Waals surface area (Å²) >= 11 is 1.49. The number of thiophene rings is 1. The maximum Gasteiger partial charge on any atom is 0.343 e. The normalized spacial score (nSPS) is 27.6. The van der Waals surface area contributed by atoms with Gasteiger partial charge in [-0.2, -0.15) is 11.3 Å². The van der Waals surface area contributed by atoms with E-state index in [4.69, 9.17) is 9.26 Å². The molecule has 1 saturated carbocycles. The fourth-order valence-corrected chi connectivity index (χ4v) is 7.06. The molecule has 1 amide bonds. The lowest BCUT2D eigenvalue weighted by atomic mass is 9.74. The third-order valence-electron chi connectivity index (χ3n) is 8.42. The fraction of sp³-hybridized carbons (Fsp3) is 0.654. The van der Waals surface area contributed by atoms with Crippen LogP contribution >= 0.6 is 11.3 Å². The van der Waals surface area contributed by atoms with Crippen LogP contribution in [0.25, 0.3) is 0 Å². The predicted molar refractivity (Wildman–Crippen MR) is 132 cm³/mol. The summed E-state index contributed by atoms with van der Waals surface area (Å²) in [5, 5.41) is 22.4. The summed E-state index contributed by atoms with van der Waals surface area (Å²) < 4.78 is 11.9. The molecular weight excluding hydrogens is 546 g/mol. The van der Waals surface area contributed by atoms with Crippen LogP contribution in [-0.4, -0.2) is 58.9 Å². The number of carbonyl (C=O) groups is 2. The highest BCUT2D eigenvalue weighted by molar-refractivity contribution is 7.08. The second-order valence-electron chi connectivity index (χ2n) is 10.6. The zero-order chi connectivity index (χ0) is 24.5. The quantitative estimate of drug-likeness (QED) is 0.354. The number of aryl methyl sites for hydroxylation is 1. The molecular formula is C26H36BrN3O5S. The molecule has 2 bridgehead atoms. The molecule has 2 aromatic rings. The highest BCUT2D eigenvalue weighted by atomic mass is 79.9. The van der Waals surface area contributed by atoms with E-state index >= 15 is 0 Å². The maximum absolute atomic E-state index is 13.6. The molecule has 4 aliphatic rings. The number of nitrogens with one attached hydrogen (secondary N) is 1. The third-order valence-corrected chi connectivity index (χ3v) is 9.11. The van der Waals surface area contributed by atoms with Crippen molar-refractivity contribution in [2.24, 2.45) is 11.8 Å². The van der Waals surface area contributed by atoms with Gasteiger partial charge in [-0.1, -0.05) is 31.3 Å². The Morgan fingerprint density at radius 1 is 1.25 bits per heavy atom. The molecule has 2 atom stereocenters. The maximum atomic E-state index is 13.6. The standard InChI is InChI=1S/C26H35N3O5S.BrH/c1-2-21-14-23(28-34-21)27-24(30)16-29-11-8-18(9-12-29)22(15-29)33-25(31)26(32,20-10-13-35-17-20)19-6-4-3-5-7-19;/h10,13-14,17-19,22,32H,2-9,11-12,15-16H2,1H3;1H/t18?,22-,26?,29?;/m0./s1. The minimum Gasteiger partial charge on any atom is -1.00 e. The number of esters is 1. The van der Waals surface area contributed by atoms with E-state index in [9.17, 15) is 14.7 Å². The number of piperidine rings is 3. The Balaban J connectivity index is 0.00000304. The van der Waals surface area contributed by atoms with Crippen LogP contribution in [0.2, 0.25) is 0 Å². The second-order valence-corrected chi connectivity index (χ2v) is 11.4. The smallest absolute Gasteiger partial charge is 0.343 e. The van der Waals surface area contributed by atoms with E-state index in [2.05, 4.69) is 10.5 Å². The van der Waals surface area contributed by atoms with Gasteiger partial charge in [0.1, 0.15) is 12.3 Å². The van der Waals surface area contributed by atoms with Crippen LogP contribution in [0.5, 0.6) is 0 Å². The van der Waals surface area contributed by atoms with Crippen molar-refractivity contribution in [2.75, 3.05) is 31.5 Å². The molecule has 0 radical (unpaired) electrons. The molecule has 1 aliphatic carbocycles. The zero-order valence-corrected chi connectivity index (χ0v) is 23.2. The Labute approximate surface area is 226 Å². The summed E-state index contributed by atoms with van der Waals surface area (Å²) in [4.78, 5) is 26.5. The van der Waals surface area contributed by atoms with E-state index in [1.165, 1.54) is 11.3 Å². The lowest BCUT2D eigenvalue weighted by Crippen LogP contribution is -3.00. The summed E-state index contributed by atoms with van der Waals surface area (Å²) in [5.74, 6) is 0.705. The zero-order valence-electron chi connectivity index (χ0n) is 20.8. The van der Waals surface area contributed by atoms with E-state index in [1.807, 2.05) is 23.8 Å². The van der Waals surface area contributed by atoms with Crippen molar-refractivity contribution in [3.8, 4) is 0 Å². The number of nitrogens with zero attached hydrogens (tertiary/aromatic N) is 2. The molecule has 36 heavy (non-hydrogen) atoms. The Hall–Kier alpha value is -1.75. The van der Waals surface area contributed by atoms with Gasteiger partial charge in [-0.3, -0.25) is 4.79 Å². The number of carbonyl (C=O) groups excluding carboxylic acids is 2. The molecule has 3 aliphatic heterocycles. The van der Waals surface area contributed by atoms with Gasteiger partial charge < -0.3 is 41.1 Å². The van der Waals surface area contributed by atoms with Gasteiger partial charge in [-0.25, -0.2) is 4.79 Å². The average molecular weight is 583 g/mol. The first kappa shape index (κ1) is 27.3. The third kappa shape index (κ3) is 5.42. The van der Waals surface area contributed by atoms with E-state index in [-0.39, 0.29) is 40.8 Å². The highest BCUT2D eigenvalue weighted by Gasteiger charge is 2.53. The SMILES string of the molecule is CCc1cc(NC(=O)C[N+]23CCC(CC2)[C@@H](OC(=O)C(O)(c2ccsc2)C2CCCCC2)C3)no1.[Br-]. The average Bonchev–Trinajstić information content (AvgIpc) is 3.57. The largest absolute Gasteiger partial charge is 1.00 e. The number of amides is 1. The number of ether oxygens (including phenoxy) is 1. The number of quaternary nitrogens is 1. The Kier molecular flexibility index (Phi) is 8.59. The molecule has 5 heterocycles. The number of aliphatic hydroxyl groups is 1. The predicted octanol–water partition coefficient (Wildman–Crippen LogP) is 0.861. The molecule has 2 N–H and O–H groups in total. The van der Waals surface area contributed by atoms with E-state index in [0.29, 0.717) is 29.0 Å². The van der Waals surface area contributed by atoms with Crippen molar-refractivity contribution in [1.82, 2.24) is 5.16 Å². The molecule has 0 spiro atoms. The molecule has 1 unspecified atom stereocenters. The van der Waals surface area contributed by atoms with Gasteiger partial charge in [0.15, 0.2) is 24.1 Å². The minimum absolute atomic E-state index is 0. The van der Waals surface area contributed by atoms with Crippen molar-refractivity contribution in [3.63, 3.8) is 0 Å². The van der Waals surface area contributed by atoms with Crippen molar-refractivity contribution >= 4 is 29.0 Å². The monoisotopic (exact) mass is 581 g/mol. The number of fused-ring (bicyclic) bond motifs is 3. The number of hydrogen-bond donors (Lipinski definition) is 2. The van der Waals surface area contributed by atoms with Gasteiger partial charge in [0.2, 0.25) is 0 Å². The number of halogens is 1. The summed E-state index contributed by atoms with van der Waals surface area (Å²) in [5.41, 5.74) is -0.943. The van der Waals surface area contributed by atoms with Crippen LogP contribution in [-0.2, 0) is 26.3 Å². The van der Waals surface area contributed by atoms with E-state index < -0.39 is 11.6 Å². The van der Waals surface area contributed by atoms with Crippen molar-refractivity contribution in [2.45, 2.75) is 70.0 Å². The van der Waals surface area contributed by atoms with Gasteiger partial charge in [0.25, 0.3) is 5.91 Å². The second kappa shape index (κ2) is 11.3. The number of aromatic nitrogens is 1.